The summed E-state index contributed by atoms with van der Waals surface area (Å²) in [4.78, 5) is 0. The maximum atomic E-state index is 2.48. The van der Waals surface area contributed by atoms with Crippen LogP contribution in [0.15, 0.2) is 152 Å². The Kier molecular flexibility index (Phi) is 5.57. The maximum Gasteiger partial charge on any atom is 0.0547 e. The fourth-order valence-electron chi connectivity index (χ4n) is 8.06. The van der Waals surface area contributed by atoms with Crippen molar-refractivity contribution in [2.75, 3.05) is 0 Å². The predicted molar refractivity (Wildman–Crippen MR) is 202 cm³/mol. The molecule has 7 aromatic carbocycles. The van der Waals surface area contributed by atoms with Crippen molar-refractivity contribution in [1.82, 2.24) is 4.57 Å². The van der Waals surface area contributed by atoms with Crippen LogP contribution < -0.4 is 0 Å². The van der Waals surface area contributed by atoms with Gasteiger partial charge in [-0.2, -0.15) is 0 Å². The Labute approximate surface area is 278 Å². The second-order valence-electron chi connectivity index (χ2n) is 13.3. The molecule has 2 aromatic heterocycles. The topological polar surface area (TPSA) is 4.93 Å². The smallest absolute Gasteiger partial charge is 0.0547 e. The lowest BCUT2D eigenvalue weighted by molar-refractivity contribution is 0.661. The summed E-state index contributed by atoms with van der Waals surface area (Å²) in [6, 6.07) is 56.3. The van der Waals surface area contributed by atoms with Gasteiger partial charge in [-0.05, 0) is 80.9 Å². The van der Waals surface area contributed by atoms with Crippen LogP contribution in [0.2, 0.25) is 0 Å². The molecule has 10 rings (SSSR count). The number of fused-ring (bicyclic) bond motifs is 9. The van der Waals surface area contributed by atoms with Crippen molar-refractivity contribution in [3.8, 4) is 39.1 Å². The molecule has 2 heteroatoms. The fourth-order valence-corrected chi connectivity index (χ4v) is 9.30. The van der Waals surface area contributed by atoms with Crippen LogP contribution in [0.25, 0.3) is 81.0 Å². The molecule has 2 heterocycles. The number of hydrogen-bond acceptors (Lipinski definition) is 1. The first-order valence-corrected chi connectivity index (χ1v) is 17.2. The molecule has 0 radical (unpaired) electrons. The second-order valence-corrected chi connectivity index (χ2v) is 14.4. The van der Waals surface area contributed by atoms with E-state index in [9.17, 15) is 0 Å². The van der Waals surface area contributed by atoms with Crippen molar-refractivity contribution < 1.29 is 0 Å². The van der Waals surface area contributed by atoms with E-state index < -0.39 is 0 Å². The van der Waals surface area contributed by atoms with Gasteiger partial charge in [-0.1, -0.05) is 129 Å². The third-order valence-corrected chi connectivity index (χ3v) is 11.6. The third kappa shape index (κ3) is 3.83. The Morgan fingerprint density at radius 3 is 2.02 bits per heavy atom. The molecular formula is C45H31NS. The molecule has 0 atom stereocenters. The highest BCUT2D eigenvalue weighted by molar-refractivity contribution is 7.26. The molecule has 47 heavy (non-hydrogen) atoms. The number of rotatable bonds is 3. The molecule has 0 bridgehead atoms. The minimum atomic E-state index is -0.0478. The summed E-state index contributed by atoms with van der Waals surface area (Å²) in [6.45, 7) is 4.73. The van der Waals surface area contributed by atoms with Crippen molar-refractivity contribution in [3.63, 3.8) is 0 Å². The number of nitrogens with zero attached hydrogens (tertiary/aromatic N) is 1. The van der Waals surface area contributed by atoms with Crippen LogP contribution in [-0.2, 0) is 5.41 Å². The van der Waals surface area contributed by atoms with Gasteiger partial charge in [-0.15, -0.1) is 11.3 Å². The van der Waals surface area contributed by atoms with Crippen LogP contribution in [0, 0.1) is 0 Å². The van der Waals surface area contributed by atoms with Gasteiger partial charge >= 0.3 is 0 Å². The van der Waals surface area contributed by atoms with Crippen LogP contribution >= 0.6 is 11.3 Å². The van der Waals surface area contributed by atoms with Crippen molar-refractivity contribution in [2.24, 2.45) is 0 Å². The standard InChI is InChI=1S/C45H31NS/c1-45(2)39-17-8-6-13-33(39)37-27-42-38(26-40(37)45)34-24-21-30(28-11-4-3-5-12-28)25-41(34)46(42)31-22-19-29(20-23-31)32-15-10-16-36-35-14-7-9-18-43(35)47-44(32)36/h3-27H,1-2H3. The highest BCUT2D eigenvalue weighted by Gasteiger charge is 2.36. The lowest BCUT2D eigenvalue weighted by Gasteiger charge is -2.21. The van der Waals surface area contributed by atoms with E-state index >= 15 is 0 Å². The highest BCUT2D eigenvalue weighted by Crippen LogP contribution is 2.51. The molecule has 1 aliphatic rings. The summed E-state index contributed by atoms with van der Waals surface area (Å²) >= 11 is 1.89. The number of hydrogen-bond donors (Lipinski definition) is 0. The zero-order valence-corrected chi connectivity index (χ0v) is 27.1. The van der Waals surface area contributed by atoms with E-state index in [4.69, 9.17) is 0 Å². The Morgan fingerprint density at radius 2 is 1.15 bits per heavy atom. The summed E-state index contributed by atoms with van der Waals surface area (Å²) in [5, 5.41) is 5.26. The van der Waals surface area contributed by atoms with Crippen LogP contribution in [0.5, 0.6) is 0 Å². The first-order valence-electron chi connectivity index (χ1n) is 16.4. The average Bonchev–Trinajstić information content (AvgIpc) is 3.73. The van der Waals surface area contributed by atoms with Gasteiger partial charge in [-0.25, -0.2) is 0 Å². The first-order chi connectivity index (χ1) is 23.1. The van der Waals surface area contributed by atoms with Crippen LogP contribution in [0.3, 0.4) is 0 Å². The SMILES string of the molecule is CC1(C)c2ccccc2-c2cc3c(cc21)c1ccc(-c2ccccc2)cc1n3-c1ccc(-c2cccc3c2sc2ccccc23)cc1. The fraction of sp³-hybridized carbons (Fsp3) is 0.0667. The van der Waals surface area contributed by atoms with Crippen molar-refractivity contribution >= 4 is 53.3 Å². The summed E-state index contributed by atoms with van der Waals surface area (Å²) in [5.41, 5.74) is 14.1. The molecule has 0 unspecified atom stereocenters. The monoisotopic (exact) mass is 617 g/mol. The Bertz CT molecular complexity index is 2690. The quantitative estimate of drug-likeness (QED) is 0.186. The van der Waals surface area contributed by atoms with E-state index in [0.717, 1.165) is 0 Å². The highest BCUT2D eigenvalue weighted by atomic mass is 32.1. The van der Waals surface area contributed by atoms with E-state index in [0.29, 0.717) is 0 Å². The Hall–Kier alpha value is -5.44. The molecule has 0 spiro atoms. The molecule has 0 saturated carbocycles. The minimum Gasteiger partial charge on any atom is -0.309 e. The van der Waals surface area contributed by atoms with Crippen molar-refractivity contribution in [1.29, 1.82) is 0 Å². The van der Waals surface area contributed by atoms with Crippen LogP contribution in [-0.4, -0.2) is 4.57 Å². The molecule has 0 N–H and O–H groups in total. The second kappa shape index (κ2) is 9.78. The maximum absolute atomic E-state index is 2.48. The summed E-state index contributed by atoms with van der Waals surface area (Å²) in [7, 11) is 0. The number of aromatic nitrogens is 1. The Morgan fingerprint density at radius 1 is 0.447 bits per heavy atom. The van der Waals surface area contributed by atoms with Gasteiger partial charge in [0.2, 0.25) is 0 Å². The average molecular weight is 618 g/mol. The molecule has 0 amide bonds. The normalized spacial score (nSPS) is 13.5. The van der Waals surface area contributed by atoms with Gasteiger partial charge in [0.15, 0.2) is 0 Å². The Balaban J connectivity index is 1.21. The molecule has 0 aliphatic heterocycles. The summed E-state index contributed by atoms with van der Waals surface area (Å²) in [6.07, 6.45) is 0. The van der Waals surface area contributed by atoms with Crippen LogP contribution in [0.4, 0.5) is 0 Å². The first kappa shape index (κ1) is 26.7. The number of thiophene rings is 1. The zero-order valence-electron chi connectivity index (χ0n) is 26.3. The molecule has 0 saturated heterocycles. The molecule has 1 aliphatic carbocycles. The molecular weight excluding hydrogens is 587 g/mol. The minimum absolute atomic E-state index is 0.0478. The lowest BCUT2D eigenvalue weighted by Crippen LogP contribution is -2.14. The summed E-state index contributed by atoms with van der Waals surface area (Å²) < 4.78 is 5.17. The van der Waals surface area contributed by atoms with E-state index in [1.807, 2.05) is 11.3 Å². The van der Waals surface area contributed by atoms with E-state index in [1.165, 1.54) is 92.2 Å². The molecule has 222 valence electrons. The number of benzene rings is 7. The van der Waals surface area contributed by atoms with Gasteiger partial charge in [0, 0.05) is 42.0 Å². The molecule has 1 nitrogen and oxygen atoms in total. The van der Waals surface area contributed by atoms with Gasteiger partial charge in [0.1, 0.15) is 0 Å². The molecule has 0 fully saturated rings. The largest absolute Gasteiger partial charge is 0.309 e. The lowest BCUT2D eigenvalue weighted by atomic mass is 9.82. The van der Waals surface area contributed by atoms with Crippen molar-refractivity contribution in [2.45, 2.75) is 19.3 Å². The van der Waals surface area contributed by atoms with Crippen LogP contribution in [0.1, 0.15) is 25.0 Å². The van der Waals surface area contributed by atoms with Crippen molar-refractivity contribution in [3.05, 3.63) is 163 Å². The van der Waals surface area contributed by atoms with Gasteiger partial charge in [0.05, 0.1) is 11.0 Å². The van der Waals surface area contributed by atoms with E-state index in [2.05, 4.69) is 170 Å². The summed E-state index contributed by atoms with van der Waals surface area (Å²) in [5.74, 6) is 0. The zero-order chi connectivity index (χ0) is 31.3. The van der Waals surface area contributed by atoms with E-state index in [-0.39, 0.29) is 5.41 Å². The predicted octanol–water partition coefficient (Wildman–Crippen LogP) is 12.8. The third-order valence-electron chi connectivity index (χ3n) is 10.4. The van der Waals surface area contributed by atoms with Gasteiger partial charge < -0.3 is 4.57 Å². The van der Waals surface area contributed by atoms with Gasteiger partial charge in [0.25, 0.3) is 0 Å². The van der Waals surface area contributed by atoms with E-state index in [1.54, 1.807) is 0 Å². The van der Waals surface area contributed by atoms with Gasteiger partial charge in [-0.3, -0.25) is 0 Å². The molecule has 9 aromatic rings.